The van der Waals surface area contributed by atoms with Gasteiger partial charge in [-0.2, -0.15) is 0 Å². The topological polar surface area (TPSA) is 167 Å². The Balaban J connectivity index is 1.99. The van der Waals surface area contributed by atoms with Crippen LogP contribution in [0.1, 0.15) is 48.9 Å². The molecule has 16 heteroatoms. The van der Waals surface area contributed by atoms with E-state index < -0.39 is 0 Å². The van der Waals surface area contributed by atoms with Gasteiger partial charge < -0.3 is 71.4 Å². The fourth-order valence-corrected chi connectivity index (χ4v) is 5.15. The van der Waals surface area contributed by atoms with Crippen LogP contribution in [0.5, 0.6) is 5.75 Å². The lowest BCUT2D eigenvalue weighted by atomic mass is 9.88. The second kappa shape index (κ2) is 44.7. The number of methoxy groups -OCH3 is 2. The summed E-state index contributed by atoms with van der Waals surface area (Å²) in [5.41, 5.74) is 0.625. The van der Waals surface area contributed by atoms with Crippen molar-refractivity contribution in [1.29, 1.82) is 0 Å². The molecule has 0 atom stereocenters. The highest BCUT2D eigenvalue weighted by atomic mass is 16.6. The van der Waals surface area contributed by atoms with E-state index in [0.29, 0.717) is 177 Å². The largest absolute Gasteiger partial charge is 0.508 e. The van der Waals surface area contributed by atoms with E-state index in [1.807, 2.05) is 0 Å². The van der Waals surface area contributed by atoms with Crippen molar-refractivity contribution in [3.05, 3.63) is 29.8 Å². The molecular weight excluding hydrogens is 760 g/mol. The second-order valence-corrected chi connectivity index (χ2v) is 12.9. The lowest BCUT2D eigenvalue weighted by molar-refractivity contribution is -0.0192. The van der Waals surface area contributed by atoms with Crippen molar-refractivity contribution in [3.8, 4) is 5.75 Å². The summed E-state index contributed by atoms with van der Waals surface area (Å²) in [5.74, 6) is 0.163. The number of phenols is 1. The number of Topliss-reactive ketones (excluding diaryl/α,β-unsaturated/α-hetero) is 1. The Labute approximate surface area is 347 Å². The SMILES string of the molecule is COCCOCCOCCOCCOCCOCCOCCCCC(CCCCOCCOCCOCCOCCOCCOCCOC)C(=O)c1ccc(O)cc1. The number of rotatable bonds is 48. The zero-order valence-electron chi connectivity index (χ0n) is 35.6. The van der Waals surface area contributed by atoms with Crippen LogP contribution in [0.4, 0.5) is 0 Å². The third-order valence-electron chi connectivity index (χ3n) is 8.29. The van der Waals surface area contributed by atoms with Gasteiger partial charge in [-0.25, -0.2) is 0 Å². The molecule has 0 aliphatic rings. The third kappa shape index (κ3) is 37.2. The van der Waals surface area contributed by atoms with Crippen molar-refractivity contribution < 1.29 is 76.2 Å². The first-order valence-corrected chi connectivity index (χ1v) is 20.9. The molecule has 0 saturated carbocycles. The molecule has 0 spiro atoms. The third-order valence-corrected chi connectivity index (χ3v) is 8.29. The highest BCUT2D eigenvalue weighted by molar-refractivity contribution is 5.97. The van der Waals surface area contributed by atoms with Crippen LogP contribution in [0.15, 0.2) is 24.3 Å². The van der Waals surface area contributed by atoms with E-state index in [1.54, 1.807) is 38.5 Å². The van der Waals surface area contributed by atoms with Crippen LogP contribution >= 0.6 is 0 Å². The maximum Gasteiger partial charge on any atom is 0.165 e. The molecule has 0 saturated heterocycles. The van der Waals surface area contributed by atoms with Gasteiger partial charge in [-0.1, -0.05) is 12.8 Å². The Morgan fingerprint density at radius 2 is 0.621 bits per heavy atom. The van der Waals surface area contributed by atoms with Crippen LogP contribution in [-0.2, 0) is 66.3 Å². The van der Waals surface area contributed by atoms with Gasteiger partial charge in [-0.05, 0) is 49.9 Å². The second-order valence-electron chi connectivity index (χ2n) is 12.9. The smallest absolute Gasteiger partial charge is 0.165 e. The fourth-order valence-electron chi connectivity index (χ4n) is 5.15. The number of carbonyl (C=O) groups excluding carboxylic acids is 1. The Bertz CT molecular complexity index is 925. The first-order chi connectivity index (χ1) is 28.7. The Morgan fingerprint density at radius 3 is 0.879 bits per heavy atom. The molecule has 58 heavy (non-hydrogen) atoms. The monoisotopic (exact) mass is 837 g/mol. The minimum absolute atomic E-state index is 0.0957. The van der Waals surface area contributed by atoms with E-state index in [9.17, 15) is 9.90 Å². The number of unbranched alkanes of at least 4 members (excludes halogenated alkanes) is 2. The van der Waals surface area contributed by atoms with E-state index in [0.717, 1.165) is 38.5 Å². The van der Waals surface area contributed by atoms with Crippen LogP contribution in [0.2, 0.25) is 0 Å². The molecule has 0 aliphatic carbocycles. The minimum Gasteiger partial charge on any atom is -0.508 e. The lowest BCUT2D eigenvalue weighted by Gasteiger charge is -2.16. The molecule has 0 radical (unpaired) electrons. The summed E-state index contributed by atoms with van der Waals surface area (Å²) >= 11 is 0. The van der Waals surface area contributed by atoms with Gasteiger partial charge in [0.2, 0.25) is 0 Å². The van der Waals surface area contributed by atoms with Gasteiger partial charge >= 0.3 is 0 Å². The minimum atomic E-state index is -0.0957. The van der Waals surface area contributed by atoms with Gasteiger partial charge in [0.15, 0.2) is 5.78 Å². The summed E-state index contributed by atoms with van der Waals surface area (Å²) in [6, 6.07) is 6.50. The number of hydrogen-bond acceptors (Lipinski definition) is 16. The molecule has 0 amide bonds. The Hall–Kier alpha value is -1.87. The predicted octanol–water partition coefficient (Wildman–Crippen LogP) is 4.02. The highest BCUT2D eigenvalue weighted by Gasteiger charge is 2.19. The first kappa shape index (κ1) is 54.1. The van der Waals surface area contributed by atoms with Crippen LogP contribution < -0.4 is 0 Å². The Morgan fingerprint density at radius 1 is 0.379 bits per heavy atom. The molecule has 0 bridgehead atoms. The van der Waals surface area contributed by atoms with Crippen molar-refractivity contribution >= 4 is 5.78 Å². The molecule has 1 aromatic carbocycles. The summed E-state index contributed by atoms with van der Waals surface area (Å²) in [5, 5.41) is 9.67. The molecule has 0 heterocycles. The van der Waals surface area contributed by atoms with Gasteiger partial charge in [-0.15, -0.1) is 0 Å². The molecule has 0 aromatic heterocycles. The molecule has 1 aromatic rings. The summed E-state index contributed by atoms with van der Waals surface area (Å²) in [6.07, 6.45) is 5.04. The number of ether oxygens (including phenoxy) is 14. The number of phenolic OH excluding ortho intramolecular Hbond substituents is 1. The van der Waals surface area contributed by atoms with Crippen LogP contribution in [-0.4, -0.2) is 197 Å². The zero-order chi connectivity index (χ0) is 41.7. The standard InChI is InChI=1S/C42H76O16/c1-45-15-17-49-23-25-53-31-33-57-37-35-55-29-27-51-21-19-47-13-5-3-7-39(42(44)40-9-11-41(43)12-10-40)8-4-6-14-48-20-22-52-28-30-56-36-38-58-34-32-54-26-24-50-18-16-46-2/h9-12,39,43H,3-8,13-38H2,1-2H3. The number of hydrogen-bond donors (Lipinski definition) is 1. The van der Waals surface area contributed by atoms with E-state index in [4.69, 9.17) is 66.3 Å². The maximum absolute atomic E-state index is 13.3. The average molecular weight is 837 g/mol. The van der Waals surface area contributed by atoms with E-state index >= 15 is 0 Å². The summed E-state index contributed by atoms with van der Waals surface area (Å²) in [7, 11) is 3.29. The van der Waals surface area contributed by atoms with Gasteiger partial charge in [0.05, 0.1) is 159 Å². The van der Waals surface area contributed by atoms with Gasteiger partial charge in [0, 0.05) is 38.9 Å². The van der Waals surface area contributed by atoms with E-state index in [2.05, 4.69) is 0 Å². The number of carbonyl (C=O) groups is 1. The maximum atomic E-state index is 13.3. The van der Waals surface area contributed by atoms with Gasteiger partial charge in [-0.3, -0.25) is 4.79 Å². The van der Waals surface area contributed by atoms with Gasteiger partial charge in [0.1, 0.15) is 5.75 Å². The molecule has 0 fully saturated rings. The molecule has 0 unspecified atom stereocenters. The van der Waals surface area contributed by atoms with Crippen molar-refractivity contribution in [2.45, 2.75) is 38.5 Å². The molecule has 340 valence electrons. The van der Waals surface area contributed by atoms with Crippen LogP contribution in [0, 0.1) is 5.92 Å². The summed E-state index contributed by atoms with van der Waals surface area (Å²) < 4.78 is 76.0. The quantitative estimate of drug-likeness (QED) is 0.0738. The molecule has 0 aliphatic heterocycles. The molecule has 1 rings (SSSR count). The lowest BCUT2D eigenvalue weighted by Crippen LogP contribution is -2.16. The van der Waals surface area contributed by atoms with E-state index in [-0.39, 0.29) is 17.5 Å². The van der Waals surface area contributed by atoms with Crippen LogP contribution in [0.3, 0.4) is 0 Å². The van der Waals surface area contributed by atoms with Crippen molar-refractivity contribution in [2.24, 2.45) is 5.92 Å². The van der Waals surface area contributed by atoms with Crippen molar-refractivity contribution in [3.63, 3.8) is 0 Å². The molecular formula is C42H76O16. The highest BCUT2D eigenvalue weighted by Crippen LogP contribution is 2.23. The summed E-state index contributed by atoms with van der Waals surface area (Å²) in [4.78, 5) is 13.3. The van der Waals surface area contributed by atoms with Crippen molar-refractivity contribution in [2.75, 3.05) is 186 Å². The molecule has 1 N–H and O–H groups in total. The average Bonchev–Trinajstić information content (AvgIpc) is 3.23. The number of benzene rings is 1. The van der Waals surface area contributed by atoms with Crippen LogP contribution in [0.25, 0.3) is 0 Å². The predicted molar refractivity (Wildman–Crippen MR) is 217 cm³/mol. The normalized spacial score (nSPS) is 11.6. The van der Waals surface area contributed by atoms with E-state index in [1.165, 1.54) is 0 Å². The Kier molecular flexibility index (Phi) is 41.7. The fraction of sp³-hybridized carbons (Fsp3) is 0.833. The van der Waals surface area contributed by atoms with Crippen molar-refractivity contribution in [1.82, 2.24) is 0 Å². The summed E-state index contributed by atoms with van der Waals surface area (Å²) in [6.45, 7) is 13.8. The van der Waals surface area contributed by atoms with Gasteiger partial charge in [0.25, 0.3) is 0 Å². The number of aromatic hydroxyl groups is 1. The number of ketones is 1. The zero-order valence-corrected chi connectivity index (χ0v) is 35.6. The first-order valence-electron chi connectivity index (χ1n) is 20.9. The molecule has 16 nitrogen and oxygen atoms in total.